The molecule has 0 nitrogen and oxygen atoms in total. The van der Waals surface area contributed by atoms with E-state index in [0.717, 1.165) is 0 Å². The van der Waals surface area contributed by atoms with Crippen molar-refractivity contribution >= 4 is 34.0 Å². The molecular weight excluding hydrogens is 163 g/mol. The molecule has 0 heterocycles. The van der Waals surface area contributed by atoms with Gasteiger partial charge in [0.2, 0.25) is 0 Å². The first kappa shape index (κ1) is 37.1. The molecular formula is FeMgMnSi. The van der Waals surface area contributed by atoms with E-state index in [4.69, 9.17) is 0 Å². The number of rotatable bonds is 0. The van der Waals surface area contributed by atoms with Crippen molar-refractivity contribution in [3.63, 3.8) is 0 Å². The van der Waals surface area contributed by atoms with E-state index in [-0.39, 0.29) is 68.2 Å². The fourth-order valence-corrected chi connectivity index (χ4v) is 0. The van der Waals surface area contributed by atoms with E-state index in [0.29, 0.717) is 0 Å². The van der Waals surface area contributed by atoms with Crippen LogP contribution >= 0.6 is 0 Å². The zero-order valence-corrected chi connectivity index (χ0v) is 6.64. The van der Waals surface area contributed by atoms with E-state index in [2.05, 4.69) is 0 Å². The van der Waals surface area contributed by atoms with Gasteiger partial charge in [-0.2, -0.15) is 0 Å². The summed E-state index contributed by atoms with van der Waals surface area (Å²) in [4.78, 5) is 0. The van der Waals surface area contributed by atoms with Crippen molar-refractivity contribution in [1.29, 1.82) is 0 Å². The maximum absolute atomic E-state index is 0. The summed E-state index contributed by atoms with van der Waals surface area (Å²) in [6.07, 6.45) is 0. The zero-order valence-electron chi connectivity index (χ0n) is 1.94. The summed E-state index contributed by atoms with van der Waals surface area (Å²) in [5, 5.41) is 0. The standard InChI is InChI=1S/Fe.Mg.Mn.Si. The molecule has 4 heteroatoms. The van der Waals surface area contributed by atoms with Gasteiger partial charge >= 0.3 is 0 Å². The Morgan fingerprint density at radius 3 is 1.00 bits per heavy atom. The summed E-state index contributed by atoms with van der Waals surface area (Å²) in [6.45, 7) is 0. The molecule has 0 atom stereocenters. The molecule has 0 aliphatic heterocycles. The summed E-state index contributed by atoms with van der Waals surface area (Å²) in [7, 11) is 0. The van der Waals surface area contributed by atoms with Gasteiger partial charge in [0, 0.05) is 68.2 Å². The molecule has 0 bridgehead atoms. The van der Waals surface area contributed by atoms with E-state index in [1.54, 1.807) is 0 Å². The van der Waals surface area contributed by atoms with Gasteiger partial charge in [-0.1, -0.05) is 0 Å². The first-order chi connectivity index (χ1) is 0. The monoisotopic (exact) mass is 163 g/mol. The Morgan fingerprint density at radius 1 is 1.00 bits per heavy atom. The van der Waals surface area contributed by atoms with E-state index in [1.165, 1.54) is 0 Å². The quantitative estimate of drug-likeness (QED) is 0.411. The molecule has 0 aromatic carbocycles. The van der Waals surface area contributed by atoms with Crippen LogP contribution in [-0.4, -0.2) is 34.0 Å². The SMILES string of the molecule is [Fe].[Mg].[Mn].[Si]. The van der Waals surface area contributed by atoms with Gasteiger partial charge in [-0.25, -0.2) is 0 Å². The molecule has 0 saturated carbocycles. The minimum absolute atomic E-state index is 0. The third-order valence-corrected chi connectivity index (χ3v) is 0. The van der Waals surface area contributed by atoms with Crippen molar-refractivity contribution in [3.8, 4) is 0 Å². The predicted octanol–water partition coefficient (Wildman–Crippen LogP) is -0.767. The Hall–Kier alpha value is 2.02. The smallest absolute Gasteiger partial charge is 0 e. The van der Waals surface area contributed by atoms with Gasteiger partial charge in [0.05, 0.1) is 0 Å². The Bertz CT molecular complexity index is 8.00. The average molecular weight is 163 g/mol. The third-order valence-electron chi connectivity index (χ3n) is 0. The van der Waals surface area contributed by atoms with Gasteiger partial charge in [-0.05, 0) is 0 Å². The molecule has 0 aromatic rings. The van der Waals surface area contributed by atoms with Crippen LogP contribution in [-0.2, 0) is 34.1 Å². The van der Waals surface area contributed by atoms with Gasteiger partial charge in [0.15, 0.2) is 0 Å². The second-order valence-corrected chi connectivity index (χ2v) is 0. The zero-order chi connectivity index (χ0) is 0. The predicted molar refractivity (Wildman–Crippen MR) is 11.5 cm³/mol. The second-order valence-electron chi connectivity index (χ2n) is 0. The van der Waals surface area contributed by atoms with Crippen molar-refractivity contribution in [2.75, 3.05) is 0 Å². The summed E-state index contributed by atoms with van der Waals surface area (Å²) < 4.78 is 0. The molecule has 0 spiro atoms. The summed E-state index contributed by atoms with van der Waals surface area (Å²) in [6, 6.07) is 0. The second kappa shape index (κ2) is 19.9. The Labute approximate surface area is 67.6 Å². The van der Waals surface area contributed by atoms with Crippen LogP contribution in [0.2, 0.25) is 0 Å². The number of hydrogen-bond acceptors (Lipinski definition) is 0. The normalized spacial score (nSPS) is 0. The van der Waals surface area contributed by atoms with Crippen molar-refractivity contribution in [3.05, 3.63) is 0 Å². The van der Waals surface area contributed by atoms with Crippen LogP contribution in [0.25, 0.3) is 0 Å². The van der Waals surface area contributed by atoms with Crippen LogP contribution in [0.15, 0.2) is 0 Å². The molecule has 0 fully saturated rings. The first-order valence-electron chi connectivity index (χ1n) is 0. The van der Waals surface area contributed by atoms with E-state index in [1.807, 2.05) is 0 Å². The van der Waals surface area contributed by atoms with Crippen molar-refractivity contribution in [2.24, 2.45) is 0 Å². The molecule has 0 rings (SSSR count). The first-order valence-corrected chi connectivity index (χ1v) is 0. The maximum Gasteiger partial charge on any atom is 0 e. The van der Waals surface area contributed by atoms with Crippen LogP contribution in [0.1, 0.15) is 0 Å². The van der Waals surface area contributed by atoms with Crippen LogP contribution in [0.3, 0.4) is 0 Å². The molecule has 0 N–H and O–H groups in total. The average Bonchev–Trinajstić information content (AvgIpc) is 0. The fourth-order valence-electron chi connectivity index (χ4n) is 0. The molecule has 0 aromatic heterocycles. The molecule has 21 valence electrons. The third kappa shape index (κ3) is 8.98. The van der Waals surface area contributed by atoms with Gasteiger partial charge < -0.3 is 0 Å². The van der Waals surface area contributed by atoms with Gasteiger partial charge in [-0.3, -0.25) is 0 Å². The maximum atomic E-state index is 0. The summed E-state index contributed by atoms with van der Waals surface area (Å²) in [5.74, 6) is 0. The van der Waals surface area contributed by atoms with Gasteiger partial charge in [0.25, 0.3) is 0 Å². The molecule has 4 heavy (non-hydrogen) atoms. The topological polar surface area (TPSA) is 0 Å². The molecule has 7 radical (unpaired) electrons. The minimum atomic E-state index is 0. The van der Waals surface area contributed by atoms with Crippen LogP contribution in [0.4, 0.5) is 0 Å². The van der Waals surface area contributed by atoms with E-state index in [9.17, 15) is 0 Å². The Balaban J connectivity index is 0. The number of hydrogen-bond donors (Lipinski definition) is 0. The van der Waals surface area contributed by atoms with Crippen LogP contribution in [0, 0.1) is 0 Å². The largest absolute Gasteiger partial charge is 0 e. The Kier molecular flexibility index (Phi) is 185. The minimum Gasteiger partial charge on any atom is 0 e. The van der Waals surface area contributed by atoms with Gasteiger partial charge in [-0.15, -0.1) is 0 Å². The fraction of sp³-hybridized carbons (Fsp3) is 0. The van der Waals surface area contributed by atoms with Crippen molar-refractivity contribution < 1.29 is 34.1 Å². The van der Waals surface area contributed by atoms with E-state index >= 15 is 0 Å². The van der Waals surface area contributed by atoms with E-state index < -0.39 is 0 Å². The van der Waals surface area contributed by atoms with Gasteiger partial charge in [0.1, 0.15) is 0 Å². The van der Waals surface area contributed by atoms with Crippen molar-refractivity contribution in [2.45, 2.75) is 0 Å². The van der Waals surface area contributed by atoms with Crippen LogP contribution < -0.4 is 0 Å². The summed E-state index contributed by atoms with van der Waals surface area (Å²) >= 11 is 0. The molecule has 0 amide bonds. The van der Waals surface area contributed by atoms with Crippen molar-refractivity contribution in [1.82, 2.24) is 0 Å². The molecule has 0 saturated heterocycles. The van der Waals surface area contributed by atoms with Crippen LogP contribution in [0.5, 0.6) is 0 Å². The summed E-state index contributed by atoms with van der Waals surface area (Å²) in [5.41, 5.74) is 0. The molecule has 0 aliphatic carbocycles. The molecule has 0 unspecified atom stereocenters. The Morgan fingerprint density at radius 2 is 1.00 bits per heavy atom. The molecule has 0 aliphatic rings.